The first-order valence-corrected chi connectivity index (χ1v) is 8.27. The highest BCUT2D eigenvalue weighted by atomic mass is 16.4. The molecule has 138 valence electrons. The maximum atomic E-state index is 12.1. The highest BCUT2D eigenvalue weighted by Crippen LogP contribution is 2.18. The molecule has 0 aliphatic rings. The van der Waals surface area contributed by atoms with Crippen LogP contribution in [0, 0.1) is 0 Å². The number of hydrogen-bond acceptors (Lipinski definition) is 5. The first kappa shape index (κ1) is 19.0. The molecule has 0 bridgehead atoms. The molecule has 0 saturated heterocycles. The van der Waals surface area contributed by atoms with E-state index in [2.05, 4.69) is 15.7 Å². The zero-order valence-corrected chi connectivity index (χ0v) is 15.1. The van der Waals surface area contributed by atoms with Crippen LogP contribution < -0.4 is 10.6 Å². The van der Waals surface area contributed by atoms with Crippen LogP contribution >= 0.6 is 0 Å². The second-order valence-electron chi connectivity index (χ2n) is 6.45. The van der Waals surface area contributed by atoms with Crippen LogP contribution in [0.2, 0.25) is 0 Å². The minimum atomic E-state index is -0.741. The molecule has 2 heterocycles. The van der Waals surface area contributed by atoms with Gasteiger partial charge in [0.2, 0.25) is 0 Å². The number of aliphatic hydroxyl groups is 1. The first-order valence-electron chi connectivity index (χ1n) is 8.27. The van der Waals surface area contributed by atoms with Crippen molar-refractivity contribution in [2.75, 3.05) is 20.6 Å². The molecule has 3 unspecified atom stereocenters. The fourth-order valence-electron chi connectivity index (χ4n) is 2.67. The van der Waals surface area contributed by atoms with E-state index in [9.17, 15) is 9.90 Å². The Morgan fingerprint density at radius 3 is 2.80 bits per heavy atom. The number of urea groups is 1. The van der Waals surface area contributed by atoms with E-state index in [0.717, 1.165) is 5.56 Å². The normalized spacial score (nSPS) is 15.0. The van der Waals surface area contributed by atoms with Gasteiger partial charge in [0.15, 0.2) is 0 Å². The minimum absolute atomic E-state index is 0.0310. The standard InChI is InChI=1S/C17H27N5O3/c1-12(8-15(23)16-6-5-7-25-16)20-17(24)18-10-14(21(2)3)13-9-19-22(4)11-13/h5-7,9,11-12,14-15,23H,8,10H2,1-4H3,(H2,18,20,24). The second-order valence-corrected chi connectivity index (χ2v) is 6.45. The summed E-state index contributed by atoms with van der Waals surface area (Å²) >= 11 is 0. The van der Waals surface area contributed by atoms with Crippen LogP contribution in [-0.2, 0) is 7.05 Å². The maximum Gasteiger partial charge on any atom is 0.315 e. The maximum absolute atomic E-state index is 12.1. The van der Waals surface area contributed by atoms with E-state index in [4.69, 9.17) is 4.42 Å². The minimum Gasteiger partial charge on any atom is -0.467 e. The van der Waals surface area contributed by atoms with Gasteiger partial charge in [-0.05, 0) is 33.2 Å². The van der Waals surface area contributed by atoms with E-state index in [0.29, 0.717) is 18.7 Å². The Hall–Kier alpha value is -2.32. The SMILES string of the molecule is CC(CC(O)c1ccco1)NC(=O)NCC(c1cnn(C)c1)N(C)C. The number of nitrogens with one attached hydrogen (secondary N) is 2. The summed E-state index contributed by atoms with van der Waals surface area (Å²) in [6, 6.07) is 3.01. The lowest BCUT2D eigenvalue weighted by Gasteiger charge is -2.24. The van der Waals surface area contributed by atoms with Crippen molar-refractivity contribution in [3.05, 3.63) is 42.1 Å². The zero-order valence-electron chi connectivity index (χ0n) is 15.1. The monoisotopic (exact) mass is 349 g/mol. The van der Waals surface area contributed by atoms with Gasteiger partial charge in [-0.2, -0.15) is 5.10 Å². The molecule has 2 aromatic rings. The predicted molar refractivity (Wildman–Crippen MR) is 93.9 cm³/mol. The highest BCUT2D eigenvalue weighted by molar-refractivity contribution is 5.74. The van der Waals surface area contributed by atoms with Crippen LogP contribution in [0.15, 0.2) is 35.2 Å². The summed E-state index contributed by atoms with van der Waals surface area (Å²) in [5, 5.41) is 19.9. The molecule has 25 heavy (non-hydrogen) atoms. The molecule has 8 heteroatoms. The van der Waals surface area contributed by atoms with Gasteiger partial charge in [-0.1, -0.05) is 0 Å². The van der Waals surface area contributed by atoms with Crippen LogP contribution in [0.5, 0.6) is 0 Å². The van der Waals surface area contributed by atoms with Gasteiger partial charge in [-0.25, -0.2) is 4.79 Å². The van der Waals surface area contributed by atoms with Crippen molar-refractivity contribution in [1.82, 2.24) is 25.3 Å². The number of aliphatic hydroxyl groups excluding tert-OH is 1. The fraction of sp³-hybridized carbons (Fsp3) is 0.529. The fourth-order valence-corrected chi connectivity index (χ4v) is 2.67. The summed E-state index contributed by atoms with van der Waals surface area (Å²) in [6.07, 6.45) is 4.89. The number of aromatic nitrogens is 2. The molecule has 0 saturated carbocycles. The van der Waals surface area contributed by atoms with E-state index in [1.807, 2.05) is 39.2 Å². The van der Waals surface area contributed by atoms with Gasteiger partial charge in [-0.15, -0.1) is 0 Å². The van der Waals surface area contributed by atoms with E-state index in [-0.39, 0.29) is 18.1 Å². The van der Waals surface area contributed by atoms with Gasteiger partial charge in [-0.3, -0.25) is 4.68 Å². The summed E-state index contributed by atoms with van der Waals surface area (Å²) in [7, 11) is 5.78. The molecular weight excluding hydrogens is 322 g/mol. The largest absolute Gasteiger partial charge is 0.467 e. The molecule has 0 spiro atoms. The number of hydrogen-bond donors (Lipinski definition) is 3. The van der Waals surface area contributed by atoms with Crippen LogP contribution in [0.1, 0.15) is 36.8 Å². The van der Waals surface area contributed by atoms with Gasteiger partial charge in [0, 0.05) is 37.8 Å². The smallest absolute Gasteiger partial charge is 0.315 e. The molecule has 0 fully saturated rings. The summed E-state index contributed by atoms with van der Waals surface area (Å²) < 4.78 is 6.91. The number of aryl methyl sites for hydroxylation is 1. The third-order valence-corrected chi connectivity index (χ3v) is 4.01. The van der Waals surface area contributed by atoms with Gasteiger partial charge in [0.25, 0.3) is 0 Å². The number of furan rings is 1. The number of carbonyl (C=O) groups is 1. The molecule has 0 radical (unpaired) electrons. The van der Waals surface area contributed by atoms with Crippen LogP contribution in [-0.4, -0.2) is 52.5 Å². The molecule has 8 nitrogen and oxygen atoms in total. The van der Waals surface area contributed by atoms with E-state index in [1.54, 1.807) is 23.0 Å². The van der Waals surface area contributed by atoms with Gasteiger partial charge >= 0.3 is 6.03 Å². The average molecular weight is 349 g/mol. The summed E-state index contributed by atoms with van der Waals surface area (Å²) in [5.41, 5.74) is 1.04. The van der Waals surface area contributed by atoms with Crippen molar-refractivity contribution in [3.8, 4) is 0 Å². The van der Waals surface area contributed by atoms with Gasteiger partial charge < -0.3 is 25.1 Å². The molecule has 2 rings (SSSR count). The lowest BCUT2D eigenvalue weighted by Crippen LogP contribution is -2.44. The number of carbonyl (C=O) groups excluding carboxylic acids is 1. The third-order valence-electron chi connectivity index (χ3n) is 4.01. The predicted octanol–water partition coefficient (Wildman–Crippen LogP) is 1.43. The number of nitrogens with zero attached hydrogens (tertiary/aromatic N) is 3. The van der Waals surface area contributed by atoms with Crippen molar-refractivity contribution in [1.29, 1.82) is 0 Å². The topological polar surface area (TPSA) is 95.6 Å². The van der Waals surface area contributed by atoms with E-state index >= 15 is 0 Å². The molecule has 0 aliphatic heterocycles. The zero-order chi connectivity index (χ0) is 18.4. The lowest BCUT2D eigenvalue weighted by atomic mass is 10.1. The van der Waals surface area contributed by atoms with Gasteiger partial charge in [0.05, 0.1) is 18.5 Å². The van der Waals surface area contributed by atoms with Crippen LogP contribution in [0.3, 0.4) is 0 Å². The highest BCUT2D eigenvalue weighted by Gasteiger charge is 2.19. The van der Waals surface area contributed by atoms with Crippen molar-refractivity contribution < 1.29 is 14.3 Å². The molecule has 0 aromatic carbocycles. The van der Waals surface area contributed by atoms with Crippen molar-refractivity contribution in [2.45, 2.75) is 31.5 Å². The van der Waals surface area contributed by atoms with Crippen molar-refractivity contribution >= 4 is 6.03 Å². The molecule has 2 amide bonds. The third kappa shape index (κ3) is 5.61. The van der Waals surface area contributed by atoms with Crippen molar-refractivity contribution in [3.63, 3.8) is 0 Å². The second kappa shape index (κ2) is 8.68. The van der Waals surface area contributed by atoms with E-state index < -0.39 is 6.10 Å². The molecular formula is C17H27N5O3. The lowest BCUT2D eigenvalue weighted by molar-refractivity contribution is 0.129. The quantitative estimate of drug-likeness (QED) is 0.670. The Labute approximate surface area is 147 Å². The molecule has 0 aliphatic carbocycles. The van der Waals surface area contributed by atoms with Crippen LogP contribution in [0.4, 0.5) is 4.79 Å². The van der Waals surface area contributed by atoms with Gasteiger partial charge in [0.1, 0.15) is 11.9 Å². The van der Waals surface area contributed by atoms with Crippen molar-refractivity contribution in [2.24, 2.45) is 7.05 Å². The number of likely N-dealkylation sites (N-methyl/N-ethyl adjacent to an activating group) is 1. The Kier molecular flexibility index (Phi) is 6.60. The molecule has 2 aromatic heterocycles. The Morgan fingerprint density at radius 1 is 1.48 bits per heavy atom. The first-order chi connectivity index (χ1) is 11.9. The van der Waals surface area contributed by atoms with E-state index in [1.165, 1.54) is 6.26 Å². The van der Waals surface area contributed by atoms with Crippen LogP contribution in [0.25, 0.3) is 0 Å². The summed E-state index contributed by atoms with van der Waals surface area (Å²) in [6.45, 7) is 2.30. The number of rotatable bonds is 8. The number of amides is 2. The Morgan fingerprint density at radius 2 is 2.24 bits per heavy atom. The average Bonchev–Trinajstić information content (AvgIpc) is 3.18. The Balaban J connectivity index is 1.80. The molecule has 3 atom stereocenters. The summed E-state index contributed by atoms with van der Waals surface area (Å²) in [5.74, 6) is 0.498. The Bertz CT molecular complexity index is 653. The molecule has 3 N–H and O–H groups in total. The summed E-state index contributed by atoms with van der Waals surface area (Å²) in [4.78, 5) is 14.1.